The summed E-state index contributed by atoms with van der Waals surface area (Å²) in [6, 6.07) is 28.8. The normalized spacial score (nSPS) is 17.3. The van der Waals surface area contributed by atoms with Crippen molar-refractivity contribution in [1.29, 1.82) is 21.0 Å². The quantitative estimate of drug-likeness (QED) is 0.363. The Morgan fingerprint density at radius 3 is 1.76 bits per heavy atom. The van der Waals surface area contributed by atoms with Crippen LogP contribution in [0.2, 0.25) is 0 Å². The molecule has 0 aliphatic heterocycles. The van der Waals surface area contributed by atoms with Crippen LogP contribution < -0.4 is 0 Å². The fourth-order valence-electron chi connectivity index (χ4n) is 4.87. The lowest BCUT2D eigenvalue weighted by molar-refractivity contribution is 0.104. The molecule has 0 fully saturated rings. The van der Waals surface area contributed by atoms with E-state index in [1.165, 1.54) is 0 Å². The van der Waals surface area contributed by atoms with Gasteiger partial charge in [0.25, 0.3) is 0 Å². The molecular formula is C32H16N4O2. The summed E-state index contributed by atoms with van der Waals surface area (Å²) in [6.07, 6.45) is 2.40. The van der Waals surface area contributed by atoms with Crippen LogP contribution in [0.4, 0.5) is 0 Å². The highest BCUT2D eigenvalue weighted by Gasteiger charge is 2.33. The van der Waals surface area contributed by atoms with E-state index in [-0.39, 0.29) is 22.5 Å². The maximum absolute atomic E-state index is 13.1. The number of rotatable bonds is 2. The second kappa shape index (κ2) is 9.69. The van der Waals surface area contributed by atoms with E-state index in [2.05, 4.69) is 0 Å². The summed E-state index contributed by atoms with van der Waals surface area (Å²) >= 11 is 0. The van der Waals surface area contributed by atoms with Gasteiger partial charge in [0.15, 0.2) is 5.78 Å². The van der Waals surface area contributed by atoms with Gasteiger partial charge in [-0.3, -0.25) is 4.79 Å². The predicted molar refractivity (Wildman–Crippen MR) is 141 cm³/mol. The zero-order valence-corrected chi connectivity index (χ0v) is 19.8. The van der Waals surface area contributed by atoms with Crippen molar-refractivity contribution in [3.05, 3.63) is 128 Å². The molecule has 38 heavy (non-hydrogen) atoms. The number of benzene rings is 3. The molecule has 0 saturated carbocycles. The van der Waals surface area contributed by atoms with E-state index < -0.39 is 6.10 Å². The highest BCUT2D eigenvalue weighted by atomic mass is 16.3. The van der Waals surface area contributed by atoms with Gasteiger partial charge in [0.2, 0.25) is 0 Å². The number of hydrogen-bond donors (Lipinski definition) is 1. The minimum atomic E-state index is -0.989. The third kappa shape index (κ3) is 3.81. The van der Waals surface area contributed by atoms with Crippen LogP contribution in [0, 0.1) is 45.3 Å². The number of aliphatic hydroxyl groups is 1. The van der Waals surface area contributed by atoms with E-state index in [0.29, 0.717) is 50.1 Å². The van der Waals surface area contributed by atoms with E-state index in [4.69, 9.17) is 0 Å². The number of ketones is 1. The van der Waals surface area contributed by atoms with Crippen LogP contribution >= 0.6 is 0 Å². The third-order valence-electron chi connectivity index (χ3n) is 6.58. The first kappa shape index (κ1) is 23.9. The van der Waals surface area contributed by atoms with Crippen molar-refractivity contribution >= 4 is 29.1 Å². The number of aliphatic hydroxyl groups excluding tert-OH is 1. The van der Waals surface area contributed by atoms with Crippen molar-refractivity contribution in [3.63, 3.8) is 0 Å². The molecule has 5 rings (SSSR count). The second-order valence-corrected chi connectivity index (χ2v) is 8.64. The van der Waals surface area contributed by atoms with Crippen molar-refractivity contribution in [2.24, 2.45) is 0 Å². The molecule has 1 unspecified atom stereocenters. The summed E-state index contributed by atoms with van der Waals surface area (Å²) < 4.78 is 0. The van der Waals surface area contributed by atoms with Gasteiger partial charge in [-0.25, -0.2) is 0 Å². The first-order chi connectivity index (χ1) is 18.5. The molecule has 0 saturated heterocycles. The number of carbonyl (C=O) groups is 1. The molecule has 0 heterocycles. The number of hydrogen-bond acceptors (Lipinski definition) is 6. The van der Waals surface area contributed by atoms with Crippen molar-refractivity contribution in [3.8, 4) is 24.3 Å². The summed E-state index contributed by atoms with van der Waals surface area (Å²) in [7, 11) is 0. The zero-order valence-electron chi connectivity index (χ0n) is 19.8. The van der Waals surface area contributed by atoms with Crippen LogP contribution in [0.15, 0.2) is 95.1 Å². The Balaban J connectivity index is 1.57. The van der Waals surface area contributed by atoms with Crippen molar-refractivity contribution < 1.29 is 9.90 Å². The minimum absolute atomic E-state index is 0.0778. The van der Waals surface area contributed by atoms with Gasteiger partial charge in [-0.15, -0.1) is 0 Å². The topological polar surface area (TPSA) is 132 Å². The molecule has 0 amide bonds. The number of allylic oxidation sites excluding steroid dienone is 4. The molecule has 3 aromatic rings. The fraction of sp³-hybridized carbons (Fsp3) is 0.0312. The zero-order chi connectivity index (χ0) is 26.8. The lowest BCUT2D eigenvalue weighted by Crippen LogP contribution is -1.96. The lowest BCUT2D eigenvalue weighted by atomic mass is 9.96. The van der Waals surface area contributed by atoms with E-state index in [1.807, 2.05) is 24.3 Å². The van der Waals surface area contributed by atoms with E-state index in [1.54, 1.807) is 84.9 Å². The Morgan fingerprint density at radius 1 is 0.658 bits per heavy atom. The number of Topliss-reactive ketones (excluding diaryl/α,β-unsaturated/α-hetero) is 1. The van der Waals surface area contributed by atoms with Gasteiger partial charge >= 0.3 is 0 Å². The van der Waals surface area contributed by atoms with Crippen LogP contribution in [0.5, 0.6) is 0 Å². The summed E-state index contributed by atoms with van der Waals surface area (Å²) in [5.41, 5.74) is 4.92. The highest BCUT2D eigenvalue weighted by molar-refractivity contribution is 6.29. The van der Waals surface area contributed by atoms with Gasteiger partial charge in [0, 0.05) is 22.3 Å². The molecular weight excluding hydrogens is 472 g/mol. The number of nitrogens with zero attached hydrogens (tertiary/aromatic N) is 4. The van der Waals surface area contributed by atoms with Crippen LogP contribution in [-0.2, 0) is 0 Å². The molecule has 2 aliphatic carbocycles. The molecule has 0 radical (unpaired) electrons. The van der Waals surface area contributed by atoms with Gasteiger partial charge in [-0.1, -0.05) is 72.8 Å². The van der Waals surface area contributed by atoms with Gasteiger partial charge in [-0.05, 0) is 45.5 Å². The van der Waals surface area contributed by atoms with Crippen LogP contribution in [0.25, 0.3) is 23.3 Å². The molecule has 1 atom stereocenters. The van der Waals surface area contributed by atoms with Gasteiger partial charge in [0.05, 0.1) is 0 Å². The Labute approximate surface area is 218 Å². The molecule has 6 nitrogen and oxygen atoms in total. The van der Waals surface area contributed by atoms with Crippen LogP contribution in [0.1, 0.15) is 44.3 Å². The smallest absolute Gasteiger partial charge is 0.194 e. The SMILES string of the molecule is N#CC(C#N)=C1/C(=C/c2ccc(/C=C3/C(=C(C#N)C#N)c4ccccc4C3O)cc2)C(=O)c2ccccc21. The maximum atomic E-state index is 13.1. The molecule has 0 bridgehead atoms. The maximum Gasteiger partial charge on any atom is 0.194 e. The Hall–Kier alpha value is -5.79. The summed E-state index contributed by atoms with van der Waals surface area (Å²) in [5.74, 6) is -0.257. The minimum Gasteiger partial charge on any atom is -0.384 e. The Kier molecular flexibility index (Phi) is 6.10. The van der Waals surface area contributed by atoms with Gasteiger partial charge < -0.3 is 5.11 Å². The average molecular weight is 489 g/mol. The first-order valence-corrected chi connectivity index (χ1v) is 11.6. The molecule has 176 valence electrons. The fourth-order valence-corrected chi connectivity index (χ4v) is 4.87. The van der Waals surface area contributed by atoms with E-state index in [9.17, 15) is 30.9 Å². The van der Waals surface area contributed by atoms with Crippen molar-refractivity contribution in [2.45, 2.75) is 6.10 Å². The van der Waals surface area contributed by atoms with Crippen LogP contribution in [-0.4, -0.2) is 10.9 Å². The monoisotopic (exact) mass is 488 g/mol. The first-order valence-electron chi connectivity index (χ1n) is 11.6. The highest BCUT2D eigenvalue weighted by Crippen LogP contribution is 2.46. The number of fused-ring (bicyclic) bond motifs is 2. The van der Waals surface area contributed by atoms with E-state index >= 15 is 0 Å². The molecule has 3 aromatic carbocycles. The van der Waals surface area contributed by atoms with Crippen molar-refractivity contribution in [2.75, 3.05) is 0 Å². The van der Waals surface area contributed by atoms with Crippen LogP contribution in [0.3, 0.4) is 0 Å². The molecule has 1 N–H and O–H groups in total. The second-order valence-electron chi connectivity index (χ2n) is 8.64. The van der Waals surface area contributed by atoms with Gasteiger partial charge in [-0.2, -0.15) is 21.0 Å². The third-order valence-corrected chi connectivity index (χ3v) is 6.58. The number of nitriles is 4. The van der Waals surface area contributed by atoms with E-state index in [0.717, 1.165) is 0 Å². The standard InChI is InChI=1S/C32H16N4O2/c33-15-21(16-34)29-23-5-1-3-7-25(23)31(37)27(29)13-19-9-11-20(12-10-19)14-28-30(22(17-35)18-36)24-6-2-4-8-26(24)32(28)38/h1-14,31,37H/b27-13-,28-14-. The summed E-state index contributed by atoms with van der Waals surface area (Å²) in [4.78, 5) is 13.1. The largest absolute Gasteiger partial charge is 0.384 e. The number of carbonyl (C=O) groups excluding carboxylic acids is 1. The molecule has 6 heteroatoms. The van der Waals surface area contributed by atoms with Crippen molar-refractivity contribution in [1.82, 2.24) is 0 Å². The summed E-state index contributed by atoms with van der Waals surface area (Å²) in [5, 5.41) is 49.0. The molecule has 0 spiro atoms. The molecule has 2 aliphatic rings. The Morgan fingerprint density at radius 2 is 1.16 bits per heavy atom. The lowest BCUT2D eigenvalue weighted by Gasteiger charge is -2.08. The Bertz CT molecular complexity index is 1790. The van der Waals surface area contributed by atoms with Gasteiger partial charge in [0.1, 0.15) is 41.5 Å². The predicted octanol–water partition coefficient (Wildman–Crippen LogP) is 5.70. The summed E-state index contributed by atoms with van der Waals surface area (Å²) in [6.45, 7) is 0. The average Bonchev–Trinajstić information content (AvgIpc) is 3.38. The molecule has 0 aromatic heterocycles.